The number of rotatable bonds is 3. The lowest BCUT2D eigenvalue weighted by molar-refractivity contribution is 0.0600. The summed E-state index contributed by atoms with van der Waals surface area (Å²) < 4.78 is 11.3. The molecular weight excluding hydrogens is 272 g/mol. The lowest BCUT2D eigenvalue weighted by Gasteiger charge is -2.03. The monoisotopic (exact) mass is 284 g/mol. The van der Waals surface area contributed by atoms with E-state index in [0.717, 1.165) is 0 Å². The van der Waals surface area contributed by atoms with Crippen molar-refractivity contribution in [3.8, 4) is 0 Å². The Bertz CT molecular complexity index is 846. The van der Waals surface area contributed by atoms with Crippen molar-refractivity contribution in [2.75, 3.05) is 7.11 Å². The van der Waals surface area contributed by atoms with E-state index in [9.17, 15) is 9.59 Å². The van der Waals surface area contributed by atoms with Gasteiger partial charge in [-0.2, -0.15) is 0 Å². The number of hydrogen-bond donors (Lipinski definition) is 0. The number of para-hydroxylation sites is 2. The Morgan fingerprint density at radius 2 is 2.10 bits per heavy atom. The fraction of sp³-hybridized carbons (Fsp3) is 0.133. The van der Waals surface area contributed by atoms with E-state index >= 15 is 0 Å². The van der Waals surface area contributed by atoms with Crippen LogP contribution < -0.4 is 5.76 Å². The summed E-state index contributed by atoms with van der Waals surface area (Å²) in [5.41, 5.74) is 2.26. The van der Waals surface area contributed by atoms with Crippen molar-refractivity contribution in [1.29, 1.82) is 0 Å². The Labute approximate surface area is 119 Å². The second kappa shape index (κ2) is 5.24. The van der Waals surface area contributed by atoms with Gasteiger partial charge in [-0.15, -0.1) is 0 Å². The molecule has 0 N–H and O–H groups in total. The Morgan fingerprint density at radius 3 is 2.81 bits per heavy atom. The van der Waals surface area contributed by atoms with Crippen molar-refractivity contribution in [2.24, 2.45) is 0 Å². The van der Waals surface area contributed by atoms with Crippen LogP contribution in [0.25, 0.3) is 11.1 Å². The predicted octanol–water partition coefficient (Wildman–Crippen LogP) is 1.82. The molecule has 1 aromatic carbocycles. The van der Waals surface area contributed by atoms with Crippen molar-refractivity contribution in [3.05, 3.63) is 64.4 Å². The van der Waals surface area contributed by atoms with E-state index in [0.29, 0.717) is 22.4 Å². The molecule has 0 radical (unpaired) electrons. The SMILES string of the molecule is COC(=O)c1ccc(Cn2c(=O)oc3ccccc32)nc1. The predicted molar refractivity (Wildman–Crippen MR) is 75.2 cm³/mol. The van der Waals surface area contributed by atoms with Crippen molar-refractivity contribution in [3.63, 3.8) is 0 Å². The van der Waals surface area contributed by atoms with Crippen molar-refractivity contribution in [1.82, 2.24) is 9.55 Å². The van der Waals surface area contributed by atoms with Gasteiger partial charge in [0, 0.05) is 6.20 Å². The fourth-order valence-corrected chi connectivity index (χ4v) is 2.08. The van der Waals surface area contributed by atoms with E-state index in [1.807, 2.05) is 12.1 Å². The number of carbonyl (C=O) groups is 1. The van der Waals surface area contributed by atoms with Crippen LogP contribution in [-0.4, -0.2) is 22.6 Å². The van der Waals surface area contributed by atoms with E-state index in [2.05, 4.69) is 9.72 Å². The van der Waals surface area contributed by atoms with Gasteiger partial charge in [0.05, 0.1) is 30.4 Å². The zero-order chi connectivity index (χ0) is 14.8. The molecule has 3 aromatic rings. The number of benzene rings is 1. The number of methoxy groups -OCH3 is 1. The van der Waals surface area contributed by atoms with E-state index in [-0.39, 0.29) is 6.54 Å². The third-order valence-electron chi connectivity index (χ3n) is 3.14. The molecule has 106 valence electrons. The third-order valence-corrected chi connectivity index (χ3v) is 3.14. The number of esters is 1. The molecule has 21 heavy (non-hydrogen) atoms. The topological polar surface area (TPSA) is 74.3 Å². The molecular formula is C15H12N2O4. The zero-order valence-corrected chi connectivity index (χ0v) is 11.3. The average Bonchev–Trinajstić information content (AvgIpc) is 2.83. The first-order chi connectivity index (χ1) is 10.2. The van der Waals surface area contributed by atoms with Gasteiger partial charge in [0.15, 0.2) is 5.58 Å². The molecule has 0 fully saturated rings. The summed E-state index contributed by atoms with van der Waals surface area (Å²) in [6.45, 7) is 0.275. The smallest absolute Gasteiger partial charge is 0.420 e. The molecule has 0 aliphatic heterocycles. The first-order valence-electron chi connectivity index (χ1n) is 6.30. The number of nitrogens with zero attached hydrogens (tertiary/aromatic N) is 2. The van der Waals surface area contributed by atoms with Crippen LogP contribution >= 0.6 is 0 Å². The fourth-order valence-electron chi connectivity index (χ4n) is 2.08. The maximum atomic E-state index is 11.9. The summed E-state index contributed by atoms with van der Waals surface area (Å²) in [7, 11) is 1.31. The first-order valence-corrected chi connectivity index (χ1v) is 6.30. The molecule has 0 saturated heterocycles. The lowest BCUT2D eigenvalue weighted by Crippen LogP contribution is -2.15. The lowest BCUT2D eigenvalue weighted by atomic mass is 10.2. The minimum atomic E-state index is -0.444. The number of fused-ring (bicyclic) bond motifs is 1. The van der Waals surface area contributed by atoms with Gasteiger partial charge in [-0.25, -0.2) is 9.59 Å². The van der Waals surface area contributed by atoms with Crippen LogP contribution in [0.2, 0.25) is 0 Å². The summed E-state index contributed by atoms with van der Waals surface area (Å²) in [5.74, 6) is -0.880. The summed E-state index contributed by atoms with van der Waals surface area (Å²) in [5, 5.41) is 0. The van der Waals surface area contributed by atoms with E-state index in [1.54, 1.807) is 24.3 Å². The molecule has 6 nitrogen and oxygen atoms in total. The quantitative estimate of drug-likeness (QED) is 0.686. The second-order valence-electron chi connectivity index (χ2n) is 4.45. The van der Waals surface area contributed by atoms with Crippen LogP contribution in [0.1, 0.15) is 16.1 Å². The Morgan fingerprint density at radius 1 is 1.29 bits per heavy atom. The van der Waals surface area contributed by atoms with Gasteiger partial charge in [0.1, 0.15) is 0 Å². The molecule has 2 heterocycles. The molecule has 6 heteroatoms. The molecule has 0 bridgehead atoms. The number of carbonyl (C=O) groups excluding carboxylic acids is 1. The zero-order valence-electron chi connectivity index (χ0n) is 11.3. The van der Waals surface area contributed by atoms with Crippen molar-refractivity contribution < 1.29 is 13.9 Å². The number of aromatic nitrogens is 2. The minimum absolute atomic E-state index is 0.275. The summed E-state index contributed by atoms with van der Waals surface area (Å²) in [6, 6.07) is 10.5. The largest absolute Gasteiger partial charge is 0.465 e. The van der Waals surface area contributed by atoms with E-state index < -0.39 is 11.7 Å². The van der Waals surface area contributed by atoms with Crippen LogP contribution in [0, 0.1) is 0 Å². The number of oxazole rings is 1. The van der Waals surface area contributed by atoms with Crippen molar-refractivity contribution >= 4 is 17.1 Å². The van der Waals surface area contributed by atoms with Gasteiger partial charge in [-0.3, -0.25) is 9.55 Å². The molecule has 0 amide bonds. The van der Waals surface area contributed by atoms with Gasteiger partial charge < -0.3 is 9.15 Å². The molecule has 2 aromatic heterocycles. The van der Waals surface area contributed by atoms with Crippen LogP contribution in [0.4, 0.5) is 0 Å². The highest BCUT2D eigenvalue weighted by molar-refractivity contribution is 5.88. The van der Waals surface area contributed by atoms with Gasteiger partial charge in [0.25, 0.3) is 0 Å². The third kappa shape index (κ3) is 2.43. The summed E-state index contributed by atoms with van der Waals surface area (Å²) >= 11 is 0. The molecule has 0 aliphatic carbocycles. The van der Waals surface area contributed by atoms with Gasteiger partial charge in [-0.05, 0) is 24.3 Å². The van der Waals surface area contributed by atoms with Crippen molar-refractivity contribution in [2.45, 2.75) is 6.54 Å². The Kier molecular flexibility index (Phi) is 3.27. The molecule has 0 saturated carbocycles. The Hall–Kier alpha value is -2.89. The molecule has 3 rings (SSSR count). The molecule has 0 atom stereocenters. The second-order valence-corrected chi connectivity index (χ2v) is 4.45. The highest BCUT2D eigenvalue weighted by Crippen LogP contribution is 2.13. The standard InChI is InChI=1S/C15H12N2O4/c1-20-14(18)10-6-7-11(16-8-10)9-17-12-4-2-3-5-13(12)21-15(17)19/h2-8H,9H2,1H3. The highest BCUT2D eigenvalue weighted by Gasteiger charge is 2.10. The summed E-state index contributed by atoms with van der Waals surface area (Å²) in [6.07, 6.45) is 1.43. The van der Waals surface area contributed by atoms with Crippen LogP contribution in [0.3, 0.4) is 0 Å². The first kappa shape index (κ1) is 13.1. The van der Waals surface area contributed by atoms with Crippen LogP contribution in [0.5, 0.6) is 0 Å². The van der Waals surface area contributed by atoms with Gasteiger partial charge in [-0.1, -0.05) is 12.1 Å². The summed E-state index contributed by atoms with van der Waals surface area (Å²) in [4.78, 5) is 27.4. The number of ether oxygens (including phenoxy) is 1. The number of hydrogen-bond acceptors (Lipinski definition) is 5. The van der Waals surface area contributed by atoms with E-state index in [4.69, 9.17) is 4.42 Å². The minimum Gasteiger partial charge on any atom is -0.465 e. The Balaban J connectivity index is 1.94. The maximum absolute atomic E-state index is 11.9. The maximum Gasteiger partial charge on any atom is 0.420 e. The molecule has 0 aliphatic rings. The van der Waals surface area contributed by atoms with Gasteiger partial charge in [0.2, 0.25) is 0 Å². The molecule has 0 spiro atoms. The van der Waals surface area contributed by atoms with Crippen LogP contribution in [-0.2, 0) is 11.3 Å². The van der Waals surface area contributed by atoms with Gasteiger partial charge >= 0.3 is 11.7 Å². The molecule has 0 unspecified atom stereocenters. The normalized spacial score (nSPS) is 10.7. The van der Waals surface area contributed by atoms with E-state index in [1.165, 1.54) is 17.9 Å². The number of pyridine rings is 1. The van der Waals surface area contributed by atoms with Crippen LogP contribution in [0.15, 0.2) is 51.8 Å². The average molecular weight is 284 g/mol. The highest BCUT2D eigenvalue weighted by atomic mass is 16.5.